The predicted molar refractivity (Wildman–Crippen MR) is 83.2 cm³/mol. The highest BCUT2D eigenvalue weighted by Gasteiger charge is 2.17. The Bertz CT molecular complexity index is 637. The molecule has 3 heteroatoms. The van der Waals surface area contributed by atoms with Gasteiger partial charge in [-0.05, 0) is 60.2 Å². The fourth-order valence-corrected chi connectivity index (χ4v) is 3.03. The van der Waals surface area contributed by atoms with Crippen molar-refractivity contribution < 1.29 is 9.84 Å². The van der Waals surface area contributed by atoms with Crippen LogP contribution in [-0.2, 0) is 6.42 Å². The molecule has 3 rings (SSSR count). The van der Waals surface area contributed by atoms with E-state index in [1.54, 1.807) is 0 Å². The molecule has 1 unspecified atom stereocenters. The zero-order chi connectivity index (χ0) is 14.1. The summed E-state index contributed by atoms with van der Waals surface area (Å²) in [6.45, 7) is 2.81. The van der Waals surface area contributed by atoms with Crippen molar-refractivity contribution in [2.45, 2.75) is 25.9 Å². The first kappa shape index (κ1) is 13.7. The van der Waals surface area contributed by atoms with Gasteiger partial charge in [0.25, 0.3) is 0 Å². The Morgan fingerprint density at radius 2 is 2.10 bits per heavy atom. The van der Waals surface area contributed by atoms with Gasteiger partial charge in [0, 0.05) is 4.47 Å². The zero-order valence-electron chi connectivity index (χ0n) is 11.4. The molecule has 0 saturated carbocycles. The molecule has 0 radical (unpaired) electrons. The highest BCUT2D eigenvalue weighted by atomic mass is 79.9. The number of rotatable bonds is 2. The summed E-state index contributed by atoms with van der Waals surface area (Å²) in [5.41, 5.74) is 4.14. The third kappa shape index (κ3) is 2.48. The molecule has 2 aromatic rings. The first-order chi connectivity index (χ1) is 9.66. The maximum Gasteiger partial charge on any atom is 0.122 e. The van der Waals surface area contributed by atoms with E-state index in [-0.39, 0.29) is 0 Å². The second kappa shape index (κ2) is 5.58. The van der Waals surface area contributed by atoms with Crippen molar-refractivity contribution in [3.8, 4) is 5.75 Å². The molecule has 0 fully saturated rings. The third-order valence-electron chi connectivity index (χ3n) is 3.85. The van der Waals surface area contributed by atoms with Crippen molar-refractivity contribution in [1.29, 1.82) is 0 Å². The van der Waals surface area contributed by atoms with Gasteiger partial charge in [-0.15, -0.1) is 0 Å². The van der Waals surface area contributed by atoms with Gasteiger partial charge in [0.1, 0.15) is 11.9 Å². The van der Waals surface area contributed by atoms with Gasteiger partial charge in [-0.25, -0.2) is 0 Å². The molecule has 2 nitrogen and oxygen atoms in total. The summed E-state index contributed by atoms with van der Waals surface area (Å²) in [7, 11) is 0. The van der Waals surface area contributed by atoms with Gasteiger partial charge in [0.05, 0.1) is 6.61 Å². The largest absolute Gasteiger partial charge is 0.493 e. The molecule has 1 N–H and O–H groups in total. The van der Waals surface area contributed by atoms with Crippen LogP contribution in [0.1, 0.15) is 34.8 Å². The molecular weight excluding hydrogens is 316 g/mol. The van der Waals surface area contributed by atoms with Crippen LogP contribution in [0.3, 0.4) is 0 Å². The van der Waals surface area contributed by atoms with Gasteiger partial charge < -0.3 is 9.84 Å². The molecule has 1 atom stereocenters. The van der Waals surface area contributed by atoms with Crippen molar-refractivity contribution >= 4 is 15.9 Å². The van der Waals surface area contributed by atoms with E-state index in [0.29, 0.717) is 0 Å². The lowest BCUT2D eigenvalue weighted by molar-refractivity contribution is 0.218. The Hall–Kier alpha value is -1.32. The lowest BCUT2D eigenvalue weighted by atomic mass is 9.94. The number of halogens is 1. The van der Waals surface area contributed by atoms with Gasteiger partial charge >= 0.3 is 0 Å². The minimum Gasteiger partial charge on any atom is -0.493 e. The van der Waals surface area contributed by atoms with Crippen molar-refractivity contribution in [2.75, 3.05) is 6.61 Å². The Morgan fingerprint density at radius 3 is 2.95 bits per heavy atom. The number of aliphatic hydroxyl groups excluding tert-OH is 1. The smallest absolute Gasteiger partial charge is 0.122 e. The van der Waals surface area contributed by atoms with Crippen LogP contribution in [0.2, 0.25) is 0 Å². The topological polar surface area (TPSA) is 29.5 Å². The van der Waals surface area contributed by atoms with Crippen LogP contribution >= 0.6 is 15.9 Å². The Kier molecular flexibility index (Phi) is 3.81. The minimum absolute atomic E-state index is 0.597. The van der Waals surface area contributed by atoms with Gasteiger partial charge in [0.15, 0.2) is 0 Å². The van der Waals surface area contributed by atoms with Gasteiger partial charge in [-0.1, -0.05) is 34.1 Å². The molecule has 0 aliphatic carbocycles. The second-order valence-electron chi connectivity index (χ2n) is 5.18. The molecule has 0 amide bonds. The van der Waals surface area contributed by atoms with E-state index >= 15 is 0 Å². The summed E-state index contributed by atoms with van der Waals surface area (Å²) in [5, 5.41) is 10.6. The van der Waals surface area contributed by atoms with E-state index < -0.39 is 6.10 Å². The van der Waals surface area contributed by atoms with E-state index in [1.165, 1.54) is 5.56 Å². The SMILES string of the molecule is Cc1c(Br)cccc1C(O)c1ccc2c(c1)CCCO2. The van der Waals surface area contributed by atoms with Gasteiger partial charge in [-0.3, -0.25) is 0 Å². The fraction of sp³-hybridized carbons (Fsp3) is 0.294. The van der Waals surface area contributed by atoms with Crippen LogP contribution in [0.25, 0.3) is 0 Å². The van der Waals surface area contributed by atoms with E-state index in [2.05, 4.69) is 22.0 Å². The number of aliphatic hydroxyl groups is 1. The van der Waals surface area contributed by atoms with Gasteiger partial charge in [-0.2, -0.15) is 0 Å². The van der Waals surface area contributed by atoms with Crippen LogP contribution in [0.4, 0.5) is 0 Å². The highest BCUT2D eigenvalue weighted by molar-refractivity contribution is 9.10. The van der Waals surface area contributed by atoms with Crippen molar-refractivity contribution in [3.05, 3.63) is 63.1 Å². The minimum atomic E-state index is -0.597. The predicted octanol–water partition coefficient (Wildman–Crippen LogP) is 4.16. The molecule has 1 heterocycles. The average Bonchev–Trinajstić information content (AvgIpc) is 2.49. The van der Waals surface area contributed by atoms with E-state index in [9.17, 15) is 5.11 Å². The maximum absolute atomic E-state index is 10.6. The Labute approximate surface area is 127 Å². The summed E-state index contributed by atoms with van der Waals surface area (Å²) in [6.07, 6.45) is 1.47. The van der Waals surface area contributed by atoms with Crippen molar-refractivity contribution in [3.63, 3.8) is 0 Å². The third-order valence-corrected chi connectivity index (χ3v) is 4.71. The Balaban J connectivity index is 1.98. The van der Waals surface area contributed by atoms with Crippen LogP contribution in [-0.4, -0.2) is 11.7 Å². The monoisotopic (exact) mass is 332 g/mol. The number of hydrogen-bond acceptors (Lipinski definition) is 2. The average molecular weight is 333 g/mol. The molecule has 0 spiro atoms. The molecule has 1 aliphatic rings. The maximum atomic E-state index is 10.6. The van der Waals surface area contributed by atoms with Gasteiger partial charge in [0.2, 0.25) is 0 Å². The molecule has 0 aromatic heterocycles. The van der Waals surface area contributed by atoms with Crippen LogP contribution < -0.4 is 4.74 Å². The molecule has 20 heavy (non-hydrogen) atoms. The first-order valence-electron chi connectivity index (χ1n) is 6.85. The summed E-state index contributed by atoms with van der Waals surface area (Å²) in [6, 6.07) is 11.9. The Morgan fingerprint density at radius 1 is 1.25 bits per heavy atom. The van der Waals surface area contributed by atoms with E-state index in [4.69, 9.17) is 4.74 Å². The summed E-state index contributed by atoms with van der Waals surface area (Å²) < 4.78 is 6.64. The summed E-state index contributed by atoms with van der Waals surface area (Å²) in [5.74, 6) is 0.957. The highest BCUT2D eigenvalue weighted by Crippen LogP contribution is 2.32. The number of aryl methyl sites for hydroxylation is 1. The molecule has 1 aliphatic heterocycles. The summed E-state index contributed by atoms with van der Waals surface area (Å²) in [4.78, 5) is 0. The first-order valence-corrected chi connectivity index (χ1v) is 7.65. The van der Waals surface area contributed by atoms with E-state index in [0.717, 1.165) is 46.4 Å². The van der Waals surface area contributed by atoms with Crippen LogP contribution in [0.15, 0.2) is 40.9 Å². The van der Waals surface area contributed by atoms with E-state index in [1.807, 2.05) is 37.3 Å². The standard InChI is InChI=1S/C17H17BrO2/c1-11-14(5-2-6-15(11)18)17(19)13-7-8-16-12(10-13)4-3-9-20-16/h2,5-8,10,17,19H,3-4,9H2,1H3. The van der Waals surface area contributed by atoms with Crippen LogP contribution in [0.5, 0.6) is 5.75 Å². The van der Waals surface area contributed by atoms with Crippen LogP contribution in [0, 0.1) is 6.92 Å². The number of hydrogen-bond donors (Lipinski definition) is 1. The number of ether oxygens (including phenoxy) is 1. The molecule has 104 valence electrons. The summed E-state index contributed by atoms with van der Waals surface area (Å²) >= 11 is 3.52. The normalized spacial score (nSPS) is 15.3. The molecule has 0 bridgehead atoms. The zero-order valence-corrected chi connectivity index (χ0v) is 13.0. The number of benzene rings is 2. The molecule has 2 aromatic carbocycles. The second-order valence-corrected chi connectivity index (χ2v) is 6.03. The van der Waals surface area contributed by atoms with Crippen molar-refractivity contribution in [2.24, 2.45) is 0 Å². The lowest BCUT2D eigenvalue weighted by Crippen LogP contribution is -2.10. The molecule has 0 saturated heterocycles. The lowest BCUT2D eigenvalue weighted by Gasteiger charge is -2.20. The quantitative estimate of drug-likeness (QED) is 0.894. The number of fused-ring (bicyclic) bond motifs is 1. The van der Waals surface area contributed by atoms with Crippen molar-refractivity contribution in [1.82, 2.24) is 0 Å². The molecular formula is C17H17BrO2. The fourth-order valence-electron chi connectivity index (χ4n) is 2.65.